The largest absolute Gasteiger partial charge is 1.00 e. The number of benzene rings is 1. The summed E-state index contributed by atoms with van der Waals surface area (Å²) in [7, 11) is 0. The molecule has 0 atom stereocenters. The van der Waals surface area contributed by atoms with Crippen LogP contribution in [-0.4, -0.2) is 16.9 Å². The molecule has 0 aromatic heterocycles. The van der Waals surface area contributed by atoms with Crippen LogP contribution in [0.2, 0.25) is 0 Å². The molecule has 9 heteroatoms. The number of hydrogen-bond acceptors (Lipinski definition) is 6. The van der Waals surface area contributed by atoms with E-state index in [4.69, 9.17) is 0 Å². The molecule has 0 aliphatic carbocycles. The van der Waals surface area contributed by atoms with Crippen molar-refractivity contribution in [2.24, 2.45) is 0 Å². The molecule has 78 valence electrons. The maximum atomic E-state index is 10.5. The predicted molar refractivity (Wildman–Crippen MR) is 41.8 cm³/mol. The second kappa shape index (κ2) is 7.80. The smallest absolute Gasteiger partial charge is 0.545 e. The Morgan fingerprint density at radius 3 is 1.94 bits per heavy atom. The molecule has 0 bridgehead atoms. The summed E-state index contributed by atoms with van der Waals surface area (Å²) in [5.74, 6) is -3.43. The van der Waals surface area contributed by atoms with E-state index >= 15 is 0 Å². The van der Waals surface area contributed by atoms with Gasteiger partial charge in [-0.15, -0.1) is 0 Å². The molecule has 0 aliphatic heterocycles. The number of rotatable bonds is 3. The summed E-state index contributed by atoms with van der Waals surface area (Å²) in [6.45, 7) is 0. The molecule has 1 rings (SSSR count). The maximum Gasteiger partial charge on any atom is 1.00 e. The van der Waals surface area contributed by atoms with E-state index < -0.39 is 33.7 Å². The monoisotopic (exact) mass is 255 g/mol. The number of aromatic carboxylic acids is 2. The van der Waals surface area contributed by atoms with Crippen LogP contribution in [0, 0.1) is 10.1 Å². The van der Waals surface area contributed by atoms with Crippen molar-refractivity contribution >= 4 is 17.6 Å². The normalized spacial score (nSPS) is 8.47. The fourth-order valence-electron chi connectivity index (χ4n) is 0.986. The van der Waals surface area contributed by atoms with E-state index in [9.17, 15) is 29.9 Å². The van der Waals surface area contributed by atoms with Gasteiger partial charge in [-0.1, -0.05) is 0 Å². The van der Waals surface area contributed by atoms with E-state index in [1.807, 2.05) is 0 Å². The molecule has 0 heterocycles. The van der Waals surface area contributed by atoms with Crippen LogP contribution in [0.15, 0.2) is 18.2 Å². The minimum atomic E-state index is -1.81. The molecule has 1 aromatic carbocycles. The first-order valence-corrected chi connectivity index (χ1v) is 3.64. The van der Waals surface area contributed by atoms with E-state index in [2.05, 4.69) is 0 Å². The molecule has 0 spiro atoms. The quantitative estimate of drug-likeness (QED) is 0.300. The molecular formula is C8H3NNa2O6. The number of carbonyl (C=O) groups is 2. The van der Waals surface area contributed by atoms with Crippen molar-refractivity contribution in [3.63, 3.8) is 0 Å². The minimum absolute atomic E-state index is 0. The maximum absolute atomic E-state index is 10.5. The predicted octanol–water partition coefficient (Wildman–Crippen LogP) is -7.67. The van der Waals surface area contributed by atoms with Crippen molar-refractivity contribution in [1.82, 2.24) is 0 Å². The molecular weight excluding hydrogens is 252 g/mol. The third-order valence-corrected chi connectivity index (χ3v) is 1.65. The van der Waals surface area contributed by atoms with E-state index in [0.29, 0.717) is 6.07 Å². The summed E-state index contributed by atoms with van der Waals surface area (Å²) in [6.07, 6.45) is 0. The fourth-order valence-corrected chi connectivity index (χ4v) is 0.986. The Morgan fingerprint density at radius 1 is 1.06 bits per heavy atom. The minimum Gasteiger partial charge on any atom is -0.545 e. The third kappa shape index (κ3) is 4.74. The number of carbonyl (C=O) groups excluding carboxylic acids is 2. The molecule has 0 saturated heterocycles. The molecule has 7 nitrogen and oxygen atoms in total. The van der Waals surface area contributed by atoms with Gasteiger partial charge in [0.25, 0.3) is 5.69 Å². The topological polar surface area (TPSA) is 123 Å². The molecule has 0 fully saturated rings. The van der Waals surface area contributed by atoms with Crippen LogP contribution >= 0.6 is 0 Å². The van der Waals surface area contributed by atoms with Crippen LogP contribution in [0.4, 0.5) is 5.69 Å². The van der Waals surface area contributed by atoms with Crippen molar-refractivity contribution in [3.8, 4) is 0 Å². The second-order valence-corrected chi connectivity index (χ2v) is 2.56. The summed E-state index contributed by atoms with van der Waals surface area (Å²) < 4.78 is 0. The van der Waals surface area contributed by atoms with Gasteiger partial charge in [-0.05, 0) is 17.7 Å². The van der Waals surface area contributed by atoms with Crippen molar-refractivity contribution < 1.29 is 83.8 Å². The molecule has 1 aromatic rings. The van der Waals surface area contributed by atoms with Gasteiger partial charge in [0.1, 0.15) is 0 Å². The summed E-state index contributed by atoms with van der Waals surface area (Å²) >= 11 is 0. The molecule has 0 saturated carbocycles. The Morgan fingerprint density at radius 2 is 1.59 bits per heavy atom. The third-order valence-electron chi connectivity index (χ3n) is 1.65. The van der Waals surface area contributed by atoms with Gasteiger partial charge in [0.2, 0.25) is 0 Å². The van der Waals surface area contributed by atoms with Crippen LogP contribution in [0.1, 0.15) is 20.7 Å². The number of carboxylic acids is 2. The van der Waals surface area contributed by atoms with Gasteiger partial charge in [-0.25, -0.2) is 0 Å². The average molecular weight is 255 g/mol. The summed E-state index contributed by atoms with van der Waals surface area (Å²) in [5, 5.41) is 31.2. The van der Waals surface area contributed by atoms with E-state index in [1.54, 1.807) is 0 Å². The Kier molecular flexibility index (Phi) is 8.68. The van der Waals surface area contributed by atoms with Crippen molar-refractivity contribution in [2.75, 3.05) is 0 Å². The van der Waals surface area contributed by atoms with Crippen LogP contribution in [0.3, 0.4) is 0 Å². The van der Waals surface area contributed by atoms with E-state index in [-0.39, 0.29) is 59.1 Å². The van der Waals surface area contributed by atoms with Crippen LogP contribution < -0.4 is 69.3 Å². The van der Waals surface area contributed by atoms with Gasteiger partial charge in [0, 0.05) is 6.07 Å². The van der Waals surface area contributed by atoms with Gasteiger partial charge in [-0.2, -0.15) is 0 Å². The second-order valence-electron chi connectivity index (χ2n) is 2.56. The van der Waals surface area contributed by atoms with Crippen molar-refractivity contribution in [2.45, 2.75) is 0 Å². The van der Waals surface area contributed by atoms with Crippen LogP contribution in [-0.2, 0) is 0 Å². The molecule has 17 heavy (non-hydrogen) atoms. The zero-order valence-corrected chi connectivity index (χ0v) is 13.1. The van der Waals surface area contributed by atoms with E-state index in [1.165, 1.54) is 0 Å². The molecule has 0 amide bonds. The first kappa shape index (κ1) is 18.9. The molecule has 0 unspecified atom stereocenters. The Labute approximate surface area is 140 Å². The standard InChI is InChI=1S/C8H5NO6.2Na/c10-7(11)4-1-2-6(9(14)15)5(3-4)8(12)13;;/h1-3H,(H,10,11)(H,12,13);;/q;2*+1/p-2. The average Bonchev–Trinajstić information content (AvgIpc) is 2.16. The van der Waals surface area contributed by atoms with Crippen LogP contribution in [0.25, 0.3) is 0 Å². The van der Waals surface area contributed by atoms with Gasteiger partial charge in [-0.3, -0.25) is 10.1 Å². The van der Waals surface area contributed by atoms with Crippen LogP contribution in [0.5, 0.6) is 0 Å². The molecule has 0 aliphatic rings. The number of nitro benzene ring substituents is 1. The van der Waals surface area contributed by atoms with Gasteiger partial charge >= 0.3 is 59.1 Å². The number of carboxylic acid groups (broad SMARTS) is 2. The number of hydrogen-bond donors (Lipinski definition) is 0. The first-order valence-electron chi connectivity index (χ1n) is 3.64. The van der Waals surface area contributed by atoms with Crippen molar-refractivity contribution in [3.05, 3.63) is 39.4 Å². The molecule has 0 radical (unpaired) electrons. The summed E-state index contributed by atoms with van der Waals surface area (Å²) in [6, 6.07) is 2.29. The summed E-state index contributed by atoms with van der Waals surface area (Å²) in [5.41, 5.74) is -1.97. The van der Waals surface area contributed by atoms with Gasteiger partial charge in [0.05, 0.1) is 22.4 Å². The zero-order chi connectivity index (χ0) is 11.6. The molecule has 0 N–H and O–H groups in total. The number of nitro groups is 1. The Bertz CT molecular complexity index is 461. The fraction of sp³-hybridized carbons (Fsp3) is 0. The van der Waals surface area contributed by atoms with Gasteiger partial charge < -0.3 is 19.8 Å². The summed E-state index contributed by atoms with van der Waals surface area (Å²) in [4.78, 5) is 30.3. The van der Waals surface area contributed by atoms with Gasteiger partial charge in [0.15, 0.2) is 0 Å². The first-order chi connectivity index (χ1) is 6.93. The number of nitrogens with zero attached hydrogens (tertiary/aromatic N) is 1. The zero-order valence-electron chi connectivity index (χ0n) is 9.13. The van der Waals surface area contributed by atoms with Crippen molar-refractivity contribution in [1.29, 1.82) is 0 Å². The SMILES string of the molecule is O=C([O-])c1ccc([N+](=O)[O-])c(C(=O)[O-])c1.[Na+].[Na+]. The van der Waals surface area contributed by atoms with E-state index in [0.717, 1.165) is 12.1 Å². The Hall–Kier alpha value is -0.440. The Balaban J connectivity index is 0.